The Kier molecular flexibility index (Phi) is 7.02. The molecule has 3 heterocycles. The van der Waals surface area contributed by atoms with Crippen molar-refractivity contribution in [2.24, 2.45) is 11.8 Å². The lowest BCUT2D eigenvalue weighted by Crippen LogP contribution is -2.48. The summed E-state index contributed by atoms with van der Waals surface area (Å²) in [5, 5.41) is 3.56. The summed E-state index contributed by atoms with van der Waals surface area (Å²) in [6.45, 7) is 3.08. The number of hydrogen-bond acceptors (Lipinski definition) is 6. The third kappa shape index (κ3) is 4.78. The van der Waals surface area contributed by atoms with Crippen LogP contribution < -0.4 is 10.1 Å². The van der Waals surface area contributed by atoms with Crippen molar-refractivity contribution in [3.05, 3.63) is 29.8 Å². The van der Waals surface area contributed by atoms with Gasteiger partial charge in [0.1, 0.15) is 11.5 Å². The summed E-state index contributed by atoms with van der Waals surface area (Å²) in [6.07, 6.45) is 7.44. The number of carbonyl (C=O) groups excluding carboxylic acids is 3. The summed E-state index contributed by atoms with van der Waals surface area (Å²) in [5.74, 6) is 1.99. The maximum atomic E-state index is 13.2. The fraction of sp³-hybridized carbons (Fsp3) is 0.667. The average Bonchev–Trinajstić information content (AvgIpc) is 3.39. The van der Waals surface area contributed by atoms with Crippen LogP contribution in [0.2, 0.25) is 0 Å². The standard InChI is InChI=1S/C27H37N3O4/c1-34-22-8-6-18(7-9-22)26(32)19-10-13-29(14-11-19)23-12-15-30(27(23)33)17-21-16-20-4-2-3-5-24(31)25(20)28-21/h6-9,19-21,23,25,28H,2-5,10-17H2,1H3. The lowest BCUT2D eigenvalue weighted by Gasteiger charge is -2.34. The van der Waals surface area contributed by atoms with Crippen molar-refractivity contribution in [2.45, 2.75) is 69.5 Å². The molecule has 1 N–H and O–H groups in total. The van der Waals surface area contributed by atoms with Gasteiger partial charge < -0.3 is 15.0 Å². The highest BCUT2D eigenvalue weighted by atomic mass is 16.5. The highest BCUT2D eigenvalue weighted by molar-refractivity contribution is 5.98. The third-order valence-corrected chi connectivity index (χ3v) is 8.49. The number of nitrogens with zero attached hydrogens (tertiary/aromatic N) is 2. The van der Waals surface area contributed by atoms with Crippen LogP contribution >= 0.6 is 0 Å². The molecule has 4 unspecified atom stereocenters. The van der Waals surface area contributed by atoms with Crippen molar-refractivity contribution in [3.8, 4) is 5.75 Å². The molecule has 4 atom stereocenters. The Labute approximate surface area is 202 Å². The second-order valence-electron chi connectivity index (χ2n) is 10.5. The van der Waals surface area contributed by atoms with Crippen LogP contribution in [0.1, 0.15) is 61.7 Å². The van der Waals surface area contributed by atoms with E-state index in [9.17, 15) is 14.4 Å². The SMILES string of the molecule is COc1ccc(C(=O)C2CCN(C3CCN(CC4CC5CCCCC(=O)C5N4)C3=O)CC2)cc1. The predicted molar refractivity (Wildman–Crippen MR) is 129 cm³/mol. The first-order valence-corrected chi connectivity index (χ1v) is 13.0. The van der Waals surface area contributed by atoms with Crippen LogP contribution in [0.3, 0.4) is 0 Å². The Morgan fingerprint density at radius 3 is 2.53 bits per heavy atom. The molecular formula is C27H37N3O4. The molecule has 3 aliphatic heterocycles. The normalized spacial score (nSPS) is 30.9. The van der Waals surface area contributed by atoms with E-state index >= 15 is 0 Å². The zero-order chi connectivity index (χ0) is 23.7. The second kappa shape index (κ2) is 10.2. The summed E-state index contributed by atoms with van der Waals surface area (Å²) >= 11 is 0. The zero-order valence-electron chi connectivity index (χ0n) is 20.2. The van der Waals surface area contributed by atoms with Crippen LogP contribution in [0.4, 0.5) is 0 Å². The predicted octanol–water partition coefficient (Wildman–Crippen LogP) is 2.68. The minimum Gasteiger partial charge on any atom is -0.497 e. The number of rotatable bonds is 6. The van der Waals surface area contributed by atoms with Crippen LogP contribution in [0.5, 0.6) is 5.75 Å². The van der Waals surface area contributed by atoms with Gasteiger partial charge >= 0.3 is 0 Å². The Hall–Kier alpha value is -2.25. The van der Waals surface area contributed by atoms with Gasteiger partial charge in [0.15, 0.2) is 5.78 Å². The highest BCUT2D eigenvalue weighted by Crippen LogP contribution is 2.32. The molecular weight excluding hydrogens is 430 g/mol. The van der Waals surface area contributed by atoms with Gasteiger partial charge in [-0.15, -0.1) is 0 Å². The molecule has 4 aliphatic rings. The van der Waals surface area contributed by atoms with E-state index in [1.165, 1.54) is 0 Å². The van der Waals surface area contributed by atoms with Crippen molar-refractivity contribution in [1.29, 1.82) is 0 Å². The van der Waals surface area contributed by atoms with Gasteiger partial charge in [-0.2, -0.15) is 0 Å². The number of methoxy groups -OCH3 is 1. The molecule has 0 bridgehead atoms. The molecule has 1 aromatic rings. The van der Waals surface area contributed by atoms with Gasteiger partial charge in [-0.25, -0.2) is 0 Å². The van der Waals surface area contributed by atoms with E-state index in [4.69, 9.17) is 4.74 Å². The summed E-state index contributed by atoms with van der Waals surface area (Å²) in [4.78, 5) is 42.9. The van der Waals surface area contributed by atoms with Crippen LogP contribution in [-0.2, 0) is 9.59 Å². The zero-order valence-corrected chi connectivity index (χ0v) is 20.2. The van der Waals surface area contributed by atoms with Crippen molar-refractivity contribution < 1.29 is 19.1 Å². The smallest absolute Gasteiger partial charge is 0.240 e. The Bertz CT molecular complexity index is 909. The molecule has 34 heavy (non-hydrogen) atoms. The number of piperidine rings is 1. The van der Waals surface area contributed by atoms with Gasteiger partial charge in [-0.05, 0) is 81.8 Å². The topological polar surface area (TPSA) is 79.0 Å². The number of ketones is 2. The summed E-state index contributed by atoms with van der Waals surface area (Å²) < 4.78 is 5.19. The molecule has 1 aliphatic carbocycles. The average molecular weight is 468 g/mol. The summed E-state index contributed by atoms with van der Waals surface area (Å²) in [7, 11) is 1.62. The number of hydrogen-bond donors (Lipinski definition) is 1. The molecule has 0 radical (unpaired) electrons. The molecule has 0 aromatic heterocycles. The van der Waals surface area contributed by atoms with E-state index in [1.807, 2.05) is 29.2 Å². The maximum absolute atomic E-state index is 13.2. The van der Waals surface area contributed by atoms with Gasteiger partial charge in [-0.3, -0.25) is 19.3 Å². The monoisotopic (exact) mass is 467 g/mol. The van der Waals surface area contributed by atoms with Crippen LogP contribution in [0, 0.1) is 11.8 Å². The molecule has 1 saturated carbocycles. The van der Waals surface area contributed by atoms with Crippen molar-refractivity contribution in [1.82, 2.24) is 15.1 Å². The molecule has 3 saturated heterocycles. The molecule has 184 valence electrons. The molecule has 1 amide bonds. The first-order chi connectivity index (χ1) is 16.5. The van der Waals surface area contributed by atoms with E-state index < -0.39 is 0 Å². The number of benzene rings is 1. The largest absolute Gasteiger partial charge is 0.497 e. The van der Waals surface area contributed by atoms with Gasteiger partial charge in [0.05, 0.1) is 19.2 Å². The summed E-state index contributed by atoms with van der Waals surface area (Å²) in [5.41, 5.74) is 0.737. The fourth-order valence-corrected chi connectivity index (χ4v) is 6.56. The van der Waals surface area contributed by atoms with Gasteiger partial charge in [-0.1, -0.05) is 6.42 Å². The molecule has 7 heteroatoms. The third-order valence-electron chi connectivity index (χ3n) is 8.49. The second-order valence-corrected chi connectivity index (χ2v) is 10.5. The number of carbonyl (C=O) groups is 3. The van der Waals surface area contributed by atoms with Crippen molar-refractivity contribution in [3.63, 3.8) is 0 Å². The molecule has 1 aromatic carbocycles. The van der Waals surface area contributed by atoms with Crippen LogP contribution in [-0.4, -0.2) is 78.7 Å². The van der Waals surface area contributed by atoms with Crippen LogP contribution in [0.25, 0.3) is 0 Å². The molecule has 0 spiro atoms. The van der Waals surface area contributed by atoms with E-state index in [2.05, 4.69) is 10.2 Å². The fourth-order valence-electron chi connectivity index (χ4n) is 6.56. The number of nitrogens with one attached hydrogen (secondary N) is 1. The van der Waals surface area contributed by atoms with Gasteiger partial charge in [0.2, 0.25) is 5.91 Å². The van der Waals surface area contributed by atoms with E-state index in [-0.39, 0.29) is 35.7 Å². The first-order valence-electron chi connectivity index (χ1n) is 13.0. The van der Waals surface area contributed by atoms with Crippen molar-refractivity contribution >= 4 is 17.5 Å². The van der Waals surface area contributed by atoms with Crippen LogP contribution in [0.15, 0.2) is 24.3 Å². The minimum atomic E-state index is -0.0643. The van der Waals surface area contributed by atoms with Crippen molar-refractivity contribution in [2.75, 3.05) is 33.3 Å². The lowest BCUT2D eigenvalue weighted by atomic mass is 9.88. The van der Waals surface area contributed by atoms with Gasteiger partial charge in [0.25, 0.3) is 0 Å². The Morgan fingerprint density at radius 2 is 1.79 bits per heavy atom. The Balaban J connectivity index is 1.11. The number of ether oxygens (including phenoxy) is 1. The number of fused-ring (bicyclic) bond motifs is 1. The maximum Gasteiger partial charge on any atom is 0.240 e. The minimum absolute atomic E-state index is 0.00303. The molecule has 4 fully saturated rings. The quantitative estimate of drug-likeness (QED) is 0.648. The number of likely N-dealkylation sites (tertiary alicyclic amines) is 2. The molecule has 7 nitrogen and oxygen atoms in total. The number of Topliss-reactive ketones (excluding diaryl/α,β-unsaturated/α-hetero) is 2. The highest BCUT2D eigenvalue weighted by Gasteiger charge is 2.43. The first kappa shape index (κ1) is 23.5. The van der Waals surface area contributed by atoms with E-state index in [1.54, 1.807) is 7.11 Å². The number of amides is 1. The Morgan fingerprint density at radius 1 is 1.03 bits per heavy atom. The van der Waals surface area contributed by atoms with Gasteiger partial charge in [0, 0.05) is 37.0 Å². The summed E-state index contributed by atoms with van der Waals surface area (Å²) in [6, 6.07) is 7.52. The molecule has 5 rings (SSSR count). The van der Waals surface area contributed by atoms with E-state index in [0.717, 1.165) is 75.9 Å². The lowest BCUT2D eigenvalue weighted by molar-refractivity contribution is -0.132. The van der Waals surface area contributed by atoms with E-state index in [0.29, 0.717) is 24.7 Å².